The van der Waals surface area contributed by atoms with Gasteiger partial charge in [0.05, 0.1) is 13.7 Å². The number of aliphatic hydroxyl groups is 2. The standard InChI is InChI=1S/C27H32N4O4/c1-30(2)27-28-14-20(15-29-27)22-9-5-4-8-21(22)19-7-6-12-31(16-19)26(34)18-10-11-25(35-3)23(13-18)24(33)17-32/h4-5,8-11,13-15,19,24,32-33H,6-7,12,16-17H2,1-3H3/t19?,24-/m1/s1. The van der Waals surface area contributed by atoms with Crippen LogP contribution in [0.15, 0.2) is 54.9 Å². The molecule has 1 unspecified atom stereocenters. The van der Waals surface area contributed by atoms with Gasteiger partial charge in [-0.3, -0.25) is 4.79 Å². The second-order valence-electron chi connectivity index (χ2n) is 9.00. The van der Waals surface area contributed by atoms with Gasteiger partial charge in [0.15, 0.2) is 0 Å². The minimum Gasteiger partial charge on any atom is -0.496 e. The SMILES string of the molecule is COc1ccc(C(=O)N2CCCC(c3ccccc3-c3cnc(N(C)C)nc3)C2)cc1[C@H](O)CO. The highest BCUT2D eigenvalue weighted by molar-refractivity contribution is 5.94. The molecule has 2 N–H and O–H groups in total. The van der Waals surface area contributed by atoms with Gasteiger partial charge in [0.25, 0.3) is 5.91 Å². The maximum absolute atomic E-state index is 13.4. The molecule has 8 nitrogen and oxygen atoms in total. The van der Waals surface area contributed by atoms with Crippen molar-refractivity contribution < 1.29 is 19.7 Å². The molecule has 4 rings (SSSR count). The van der Waals surface area contributed by atoms with Crippen molar-refractivity contribution in [3.8, 4) is 16.9 Å². The van der Waals surface area contributed by atoms with Gasteiger partial charge in [0.2, 0.25) is 5.95 Å². The van der Waals surface area contributed by atoms with Crippen molar-refractivity contribution in [2.75, 3.05) is 45.8 Å². The smallest absolute Gasteiger partial charge is 0.253 e. The summed E-state index contributed by atoms with van der Waals surface area (Å²) in [6, 6.07) is 13.2. The minimum atomic E-state index is -1.11. The molecule has 0 saturated carbocycles. The molecule has 1 fully saturated rings. The first-order chi connectivity index (χ1) is 16.9. The fraction of sp³-hybridized carbons (Fsp3) is 0.370. The van der Waals surface area contributed by atoms with Crippen LogP contribution in [0.5, 0.6) is 5.75 Å². The maximum atomic E-state index is 13.4. The summed E-state index contributed by atoms with van der Waals surface area (Å²) >= 11 is 0. The highest BCUT2D eigenvalue weighted by atomic mass is 16.5. The van der Waals surface area contributed by atoms with E-state index in [9.17, 15) is 15.0 Å². The third kappa shape index (κ3) is 5.28. The molecule has 1 amide bonds. The summed E-state index contributed by atoms with van der Waals surface area (Å²) < 4.78 is 5.29. The van der Waals surface area contributed by atoms with Crippen LogP contribution in [-0.4, -0.2) is 71.9 Å². The van der Waals surface area contributed by atoms with E-state index >= 15 is 0 Å². The summed E-state index contributed by atoms with van der Waals surface area (Å²) in [5, 5.41) is 19.6. The van der Waals surface area contributed by atoms with E-state index in [1.54, 1.807) is 18.2 Å². The van der Waals surface area contributed by atoms with Gasteiger partial charge < -0.3 is 24.7 Å². The second-order valence-corrected chi connectivity index (χ2v) is 9.00. The van der Waals surface area contributed by atoms with Crippen LogP contribution < -0.4 is 9.64 Å². The Morgan fingerprint density at radius 2 is 1.94 bits per heavy atom. The van der Waals surface area contributed by atoms with E-state index in [0.29, 0.717) is 35.9 Å². The fourth-order valence-corrected chi connectivity index (χ4v) is 4.63. The molecule has 1 aromatic heterocycles. The average molecular weight is 477 g/mol. The van der Waals surface area contributed by atoms with Gasteiger partial charge in [0.1, 0.15) is 11.9 Å². The van der Waals surface area contributed by atoms with E-state index in [1.165, 1.54) is 12.7 Å². The molecule has 1 aliphatic rings. The highest BCUT2D eigenvalue weighted by Gasteiger charge is 2.28. The Hall–Kier alpha value is -3.49. The Kier molecular flexibility index (Phi) is 7.63. The normalized spacial score (nSPS) is 16.6. The zero-order chi connectivity index (χ0) is 24.9. The lowest BCUT2D eigenvalue weighted by atomic mass is 9.85. The summed E-state index contributed by atoms with van der Waals surface area (Å²) in [7, 11) is 5.32. The van der Waals surface area contributed by atoms with Crippen molar-refractivity contribution in [1.29, 1.82) is 0 Å². The monoisotopic (exact) mass is 476 g/mol. The Morgan fingerprint density at radius 3 is 2.63 bits per heavy atom. The Morgan fingerprint density at radius 1 is 1.20 bits per heavy atom. The van der Waals surface area contributed by atoms with Crippen LogP contribution in [0.1, 0.15) is 46.3 Å². The van der Waals surface area contributed by atoms with E-state index in [2.05, 4.69) is 22.1 Å². The number of anilines is 1. The topological polar surface area (TPSA) is 99.0 Å². The number of aliphatic hydroxyl groups excluding tert-OH is 2. The Labute approximate surface area is 205 Å². The number of likely N-dealkylation sites (tertiary alicyclic amines) is 1. The minimum absolute atomic E-state index is 0.0973. The van der Waals surface area contributed by atoms with Crippen molar-refractivity contribution in [3.63, 3.8) is 0 Å². The number of carbonyl (C=O) groups excluding carboxylic acids is 1. The molecule has 0 bridgehead atoms. The molecule has 0 aliphatic carbocycles. The number of benzene rings is 2. The summed E-state index contributed by atoms with van der Waals surface area (Å²) in [6.45, 7) is 0.814. The maximum Gasteiger partial charge on any atom is 0.253 e. The van der Waals surface area contributed by atoms with E-state index < -0.39 is 12.7 Å². The van der Waals surface area contributed by atoms with E-state index in [-0.39, 0.29) is 11.8 Å². The predicted octanol–water partition coefficient (Wildman–Crippen LogP) is 3.26. The van der Waals surface area contributed by atoms with Gasteiger partial charge >= 0.3 is 0 Å². The summed E-state index contributed by atoms with van der Waals surface area (Å²) in [5.74, 6) is 1.18. The quantitative estimate of drug-likeness (QED) is 0.540. The van der Waals surface area contributed by atoms with Crippen LogP contribution in [0.25, 0.3) is 11.1 Å². The number of carbonyl (C=O) groups is 1. The predicted molar refractivity (Wildman–Crippen MR) is 135 cm³/mol. The lowest BCUT2D eigenvalue weighted by Crippen LogP contribution is -2.39. The highest BCUT2D eigenvalue weighted by Crippen LogP contribution is 2.35. The molecule has 2 atom stereocenters. The first-order valence-corrected chi connectivity index (χ1v) is 11.8. The van der Waals surface area contributed by atoms with Gasteiger partial charge in [-0.1, -0.05) is 24.3 Å². The van der Waals surface area contributed by atoms with Crippen molar-refractivity contribution >= 4 is 11.9 Å². The first kappa shape index (κ1) is 24.6. The fourth-order valence-electron chi connectivity index (χ4n) is 4.63. The molecule has 0 radical (unpaired) electrons. The Bertz CT molecular complexity index is 1170. The van der Waals surface area contributed by atoms with E-state index in [0.717, 1.165) is 24.0 Å². The van der Waals surface area contributed by atoms with Gasteiger partial charge in [-0.15, -0.1) is 0 Å². The average Bonchev–Trinajstić information content (AvgIpc) is 2.92. The molecule has 2 aromatic carbocycles. The molecule has 0 spiro atoms. The summed E-state index contributed by atoms with van der Waals surface area (Å²) in [4.78, 5) is 26.1. The summed E-state index contributed by atoms with van der Waals surface area (Å²) in [5.41, 5.74) is 4.08. The molecule has 35 heavy (non-hydrogen) atoms. The lowest BCUT2D eigenvalue weighted by Gasteiger charge is -2.34. The van der Waals surface area contributed by atoms with Crippen LogP contribution in [-0.2, 0) is 0 Å². The number of amides is 1. The number of hydrogen-bond donors (Lipinski definition) is 2. The van der Waals surface area contributed by atoms with Crippen LogP contribution >= 0.6 is 0 Å². The third-order valence-corrected chi connectivity index (χ3v) is 6.47. The number of hydrogen-bond acceptors (Lipinski definition) is 7. The molecule has 3 aromatic rings. The number of aromatic nitrogens is 2. The molecular weight excluding hydrogens is 444 g/mol. The molecule has 1 saturated heterocycles. The number of ether oxygens (including phenoxy) is 1. The van der Waals surface area contributed by atoms with Crippen LogP contribution in [0.4, 0.5) is 5.95 Å². The van der Waals surface area contributed by atoms with Crippen LogP contribution in [0.2, 0.25) is 0 Å². The zero-order valence-electron chi connectivity index (χ0n) is 20.4. The molecule has 2 heterocycles. The largest absolute Gasteiger partial charge is 0.496 e. The molecule has 1 aliphatic heterocycles. The number of piperidine rings is 1. The lowest BCUT2D eigenvalue weighted by molar-refractivity contribution is 0.0705. The second kappa shape index (κ2) is 10.8. The van der Waals surface area contributed by atoms with Gasteiger partial charge in [-0.2, -0.15) is 0 Å². The van der Waals surface area contributed by atoms with Crippen molar-refractivity contribution in [3.05, 3.63) is 71.5 Å². The number of nitrogens with zero attached hydrogens (tertiary/aromatic N) is 4. The van der Waals surface area contributed by atoms with Crippen molar-refractivity contribution in [2.24, 2.45) is 0 Å². The van der Waals surface area contributed by atoms with E-state index in [4.69, 9.17) is 4.74 Å². The van der Waals surface area contributed by atoms with Gasteiger partial charge in [-0.05, 0) is 42.2 Å². The molecular formula is C27H32N4O4. The van der Waals surface area contributed by atoms with Crippen LogP contribution in [0.3, 0.4) is 0 Å². The zero-order valence-corrected chi connectivity index (χ0v) is 20.4. The first-order valence-electron chi connectivity index (χ1n) is 11.8. The van der Waals surface area contributed by atoms with Crippen molar-refractivity contribution in [1.82, 2.24) is 14.9 Å². The third-order valence-electron chi connectivity index (χ3n) is 6.47. The molecule has 8 heteroatoms. The molecule has 184 valence electrons. The summed E-state index contributed by atoms with van der Waals surface area (Å²) in [6.07, 6.45) is 4.45. The number of rotatable bonds is 7. The van der Waals surface area contributed by atoms with E-state index in [1.807, 2.05) is 48.4 Å². The van der Waals surface area contributed by atoms with Crippen molar-refractivity contribution in [2.45, 2.75) is 24.9 Å². The Balaban J connectivity index is 1.58. The van der Waals surface area contributed by atoms with Crippen LogP contribution in [0, 0.1) is 0 Å². The number of methoxy groups -OCH3 is 1. The van der Waals surface area contributed by atoms with Gasteiger partial charge in [-0.25, -0.2) is 9.97 Å². The van der Waals surface area contributed by atoms with Gasteiger partial charge in [0, 0.05) is 62.2 Å².